The Bertz CT molecular complexity index is 1040. The molecule has 0 nitrogen and oxygen atoms in total. The van der Waals surface area contributed by atoms with Crippen LogP contribution in [0.3, 0.4) is 0 Å². The molecule has 5 aliphatic rings. The first-order valence-electron chi connectivity index (χ1n) is 10.0. The molecule has 0 amide bonds. The van der Waals surface area contributed by atoms with Crippen molar-refractivity contribution < 1.29 is 41.4 Å². The minimum absolute atomic E-state index is 0. The molecule has 0 spiro atoms. The van der Waals surface area contributed by atoms with E-state index < -0.39 is 16.6 Å². The van der Waals surface area contributed by atoms with Gasteiger partial charge >= 0.3 is 167 Å². The maximum atomic E-state index is 2.46. The molecule has 1 saturated heterocycles. The summed E-state index contributed by atoms with van der Waals surface area (Å²) in [4.78, 5) is 0. The van der Waals surface area contributed by atoms with Crippen molar-refractivity contribution in [2.45, 2.75) is 37.1 Å². The third-order valence-corrected chi connectivity index (χ3v) is 14.0. The van der Waals surface area contributed by atoms with Crippen LogP contribution < -0.4 is 32.6 Å². The topological polar surface area (TPSA) is 0 Å². The van der Waals surface area contributed by atoms with Crippen molar-refractivity contribution in [3.63, 3.8) is 0 Å². The predicted octanol–water partition coefficient (Wildman–Crippen LogP) is 0.0928. The molecule has 0 radical (unpaired) electrons. The summed E-state index contributed by atoms with van der Waals surface area (Å²) in [6.45, 7) is 9.22. The molecular weight excluding hydrogens is 431 g/mol. The van der Waals surface area contributed by atoms with Gasteiger partial charge in [0.15, 0.2) is 0 Å². The van der Waals surface area contributed by atoms with E-state index in [1.165, 1.54) is 54.0 Å². The number of hydrogen-bond acceptors (Lipinski definition) is 0. The van der Waals surface area contributed by atoms with Crippen molar-refractivity contribution in [3.05, 3.63) is 82.9 Å². The molecule has 0 saturated carbocycles. The Morgan fingerprint density at radius 3 is 1.28 bits per heavy atom. The Balaban J connectivity index is 0.00000120. The molecule has 3 heteroatoms. The maximum Gasteiger partial charge on any atom is -1.00 e. The number of aryl methyl sites for hydroxylation is 4. The van der Waals surface area contributed by atoms with Crippen LogP contribution >= 0.6 is 0 Å². The van der Waals surface area contributed by atoms with Gasteiger partial charge in [-0.3, -0.25) is 0 Å². The van der Waals surface area contributed by atoms with Crippen LogP contribution in [0.25, 0.3) is 22.3 Å². The molecule has 0 aromatic rings. The van der Waals surface area contributed by atoms with Crippen molar-refractivity contribution in [2.75, 3.05) is 0 Å². The summed E-state index contributed by atoms with van der Waals surface area (Å²) in [6, 6.07) is 23.0. The zero-order valence-corrected chi connectivity index (χ0v) is 20.5. The molecule has 29 heavy (non-hydrogen) atoms. The number of halogens is 2. The van der Waals surface area contributed by atoms with E-state index in [0.717, 1.165) is 0 Å². The van der Waals surface area contributed by atoms with Gasteiger partial charge < -0.3 is 24.8 Å². The summed E-state index contributed by atoms with van der Waals surface area (Å²) in [5.41, 5.74) is 11.8. The van der Waals surface area contributed by atoms with Crippen molar-refractivity contribution in [1.82, 2.24) is 0 Å². The molecule has 0 aromatic heterocycles. The molecule has 0 N–H and O–H groups in total. The standard InChI is InChI=1S/2C12H11.C2H4.2ClH.Ti/c2*1-9-7-11-6-4-3-5-10(2)12(11)8-9;1-2;;;/h2*3-6,8H,1-2H3;1-2H2;2*1H;/q;;;;;+2/p-2. The summed E-state index contributed by atoms with van der Waals surface area (Å²) in [7, 11) is 0. The molecule has 1 aliphatic heterocycles. The van der Waals surface area contributed by atoms with Crippen LogP contribution in [-0.2, 0) is 16.6 Å². The average Bonchev–Trinajstić information content (AvgIpc) is 3.32. The van der Waals surface area contributed by atoms with Gasteiger partial charge in [-0.25, -0.2) is 0 Å². The Morgan fingerprint density at radius 2 is 0.897 bits per heavy atom. The van der Waals surface area contributed by atoms with E-state index in [9.17, 15) is 0 Å². The van der Waals surface area contributed by atoms with Gasteiger partial charge in [0.2, 0.25) is 0 Å². The predicted molar refractivity (Wildman–Crippen MR) is 114 cm³/mol. The molecule has 0 bridgehead atoms. The van der Waals surface area contributed by atoms with Crippen molar-refractivity contribution in [3.8, 4) is 22.3 Å². The van der Waals surface area contributed by atoms with Gasteiger partial charge in [0, 0.05) is 0 Å². The van der Waals surface area contributed by atoms with E-state index >= 15 is 0 Å². The fourth-order valence-corrected chi connectivity index (χ4v) is 14.2. The van der Waals surface area contributed by atoms with Crippen LogP contribution in [0.5, 0.6) is 0 Å². The molecule has 5 rings (SSSR count). The van der Waals surface area contributed by atoms with Crippen LogP contribution in [0.4, 0.5) is 0 Å². The van der Waals surface area contributed by atoms with E-state index in [0.29, 0.717) is 0 Å². The van der Waals surface area contributed by atoms with Gasteiger partial charge in [0.05, 0.1) is 0 Å². The first kappa shape index (κ1) is 22.4. The van der Waals surface area contributed by atoms with Crippen LogP contribution in [-0.4, -0.2) is 0 Å². The van der Waals surface area contributed by atoms with Gasteiger partial charge in [-0.05, 0) is 0 Å². The van der Waals surface area contributed by atoms with E-state index in [1.54, 1.807) is 7.74 Å². The van der Waals surface area contributed by atoms with E-state index in [2.05, 4.69) is 88.4 Å². The first-order chi connectivity index (χ1) is 13.0. The fraction of sp³-hybridized carbons (Fsp3) is 0.231. The zero-order valence-electron chi connectivity index (χ0n) is 17.4. The third-order valence-electron chi connectivity index (χ3n) is 6.63. The summed E-state index contributed by atoms with van der Waals surface area (Å²) in [6.07, 6.45) is 0. The molecular formula is C26H26Cl2Ti. The van der Waals surface area contributed by atoms with Gasteiger partial charge in [-0.1, -0.05) is 0 Å². The van der Waals surface area contributed by atoms with Gasteiger partial charge in [-0.15, -0.1) is 0 Å². The Morgan fingerprint density at radius 1 is 0.517 bits per heavy atom. The van der Waals surface area contributed by atoms with Crippen LogP contribution in [0, 0.1) is 27.7 Å². The Kier molecular flexibility index (Phi) is 6.24. The monoisotopic (exact) mass is 456 g/mol. The van der Waals surface area contributed by atoms with Crippen LogP contribution in [0.1, 0.15) is 22.3 Å². The number of rotatable bonds is 2. The molecule has 1 heterocycles. The largest absolute Gasteiger partial charge is 1.00 e. The molecule has 0 atom stereocenters. The fourth-order valence-electron chi connectivity index (χ4n) is 5.33. The van der Waals surface area contributed by atoms with Gasteiger partial charge in [-0.2, -0.15) is 0 Å². The van der Waals surface area contributed by atoms with Crippen molar-refractivity contribution in [1.29, 1.82) is 0 Å². The average molecular weight is 457 g/mol. The van der Waals surface area contributed by atoms with E-state index in [1.807, 2.05) is 0 Å². The molecule has 1 fully saturated rings. The first-order valence-corrected chi connectivity index (χ1v) is 13.8. The SMILES string of the molecule is Cc1ccccc2[c]([Ti+2]3([c]4c(C)cc5c(C)ccccc4-5)[CH2][CH2]3)c(C)cc1-2.[Cl-].[Cl-]. The second-order valence-corrected chi connectivity index (χ2v) is 14.9. The second-order valence-electron chi connectivity index (χ2n) is 8.44. The zero-order chi connectivity index (χ0) is 18.8. The minimum atomic E-state index is -2.27. The molecule has 0 aromatic carbocycles. The molecule has 0 unspecified atom stereocenters. The maximum absolute atomic E-state index is 2.46. The number of hydrogen-bond donors (Lipinski definition) is 0. The Hall–Kier alpha value is -1.31. The van der Waals surface area contributed by atoms with Crippen LogP contribution in [0.15, 0.2) is 60.7 Å². The van der Waals surface area contributed by atoms with E-state index in [4.69, 9.17) is 0 Å². The quantitative estimate of drug-likeness (QED) is 0.375. The summed E-state index contributed by atoms with van der Waals surface area (Å²) in [5.74, 6) is 0. The summed E-state index contributed by atoms with van der Waals surface area (Å²) < 4.78 is 6.39. The third kappa shape index (κ3) is 3.35. The van der Waals surface area contributed by atoms with Gasteiger partial charge in [0.1, 0.15) is 0 Å². The molecule has 4 aliphatic carbocycles. The normalized spacial score (nSPS) is 13.2. The summed E-state index contributed by atoms with van der Waals surface area (Å²) in [5, 5.41) is 0. The van der Waals surface area contributed by atoms with Crippen molar-refractivity contribution >= 4 is 7.74 Å². The second kappa shape index (κ2) is 8.08. The molecule has 148 valence electrons. The van der Waals surface area contributed by atoms with Gasteiger partial charge in [0.25, 0.3) is 0 Å². The minimum Gasteiger partial charge on any atom is -1.00 e. The Labute approximate surface area is 190 Å². The number of fused-ring (bicyclic) bond motifs is 2. The summed E-state index contributed by atoms with van der Waals surface area (Å²) >= 11 is -2.27. The smallest absolute Gasteiger partial charge is 1.00 e. The van der Waals surface area contributed by atoms with Crippen LogP contribution in [0.2, 0.25) is 9.45 Å². The van der Waals surface area contributed by atoms with E-state index in [-0.39, 0.29) is 24.8 Å². The van der Waals surface area contributed by atoms with Crippen molar-refractivity contribution in [2.24, 2.45) is 0 Å².